The van der Waals surface area contributed by atoms with Crippen molar-refractivity contribution in [2.24, 2.45) is 0 Å². The number of benzene rings is 1. The van der Waals surface area contributed by atoms with Gasteiger partial charge in [0.25, 0.3) is 0 Å². The zero-order valence-corrected chi connectivity index (χ0v) is 9.51. The van der Waals surface area contributed by atoms with Crippen molar-refractivity contribution >= 4 is 24.0 Å². The monoisotopic (exact) mass is 223 g/mol. The lowest BCUT2D eigenvalue weighted by Crippen LogP contribution is -2.27. The fraction of sp³-hybridized carbons (Fsp3) is 0.273. The normalized spacial score (nSPS) is 11.9. The van der Waals surface area contributed by atoms with Crippen molar-refractivity contribution in [3.05, 3.63) is 29.8 Å². The SMILES string of the molecule is CNC(=O)C(C)Sc1cccc(C=O)c1. The summed E-state index contributed by atoms with van der Waals surface area (Å²) in [6.45, 7) is 1.83. The fourth-order valence-electron chi connectivity index (χ4n) is 1.12. The molecule has 0 aliphatic carbocycles. The van der Waals surface area contributed by atoms with E-state index in [-0.39, 0.29) is 11.2 Å². The highest BCUT2D eigenvalue weighted by Gasteiger charge is 2.12. The van der Waals surface area contributed by atoms with Crippen LogP contribution in [0.1, 0.15) is 17.3 Å². The van der Waals surface area contributed by atoms with Crippen LogP contribution in [-0.4, -0.2) is 24.5 Å². The number of carbonyl (C=O) groups excluding carboxylic acids is 2. The van der Waals surface area contributed by atoms with Crippen LogP contribution < -0.4 is 5.32 Å². The first-order chi connectivity index (χ1) is 7.17. The minimum atomic E-state index is -0.156. The lowest BCUT2D eigenvalue weighted by molar-refractivity contribution is -0.119. The minimum Gasteiger partial charge on any atom is -0.358 e. The van der Waals surface area contributed by atoms with Gasteiger partial charge in [0, 0.05) is 17.5 Å². The molecule has 0 saturated carbocycles. The second kappa shape index (κ2) is 5.56. The topological polar surface area (TPSA) is 46.2 Å². The van der Waals surface area contributed by atoms with Crippen LogP contribution >= 0.6 is 11.8 Å². The van der Waals surface area contributed by atoms with Crippen molar-refractivity contribution < 1.29 is 9.59 Å². The second-order valence-electron chi connectivity index (χ2n) is 3.06. The largest absolute Gasteiger partial charge is 0.358 e. The lowest BCUT2D eigenvalue weighted by atomic mass is 10.2. The third-order valence-corrected chi connectivity index (χ3v) is 3.02. The highest BCUT2D eigenvalue weighted by molar-refractivity contribution is 8.00. The Balaban J connectivity index is 2.71. The maximum absolute atomic E-state index is 11.3. The molecule has 1 rings (SSSR count). The van der Waals surface area contributed by atoms with E-state index >= 15 is 0 Å². The summed E-state index contributed by atoms with van der Waals surface area (Å²) in [5.74, 6) is -0.0171. The molecule has 1 amide bonds. The molecule has 1 atom stereocenters. The standard InChI is InChI=1S/C11H13NO2S/c1-8(11(14)12-2)15-10-5-3-4-9(6-10)7-13/h3-8H,1-2H3,(H,12,14). The summed E-state index contributed by atoms with van der Waals surface area (Å²) >= 11 is 1.43. The van der Waals surface area contributed by atoms with E-state index in [2.05, 4.69) is 5.32 Å². The van der Waals surface area contributed by atoms with Crippen molar-refractivity contribution in [3.8, 4) is 0 Å². The fourth-order valence-corrected chi connectivity index (χ4v) is 2.12. The van der Waals surface area contributed by atoms with Crippen LogP contribution in [0.4, 0.5) is 0 Å². The van der Waals surface area contributed by atoms with Crippen molar-refractivity contribution in [1.82, 2.24) is 5.32 Å². The van der Waals surface area contributed by atoms with Gasteiger partial charge in [0.15, 0.2) is 0 Å². The van der Waals surface area contributed by atoms with Crippen molar-refractivity contribution in [3.63, 3.8) is 0 Å². The lowest BCUT2D eigenvalue weighted by Gasteiger charge is -2.09. The average Bonchev–Trinajstić information content (AvgIpc) is 2.28. The predicted molar refractivity (Wildman–Crippen MR) is 61.2 cm³/mol. The molecule has 1 unspecified atom stereocenters. The Bertz CT molecular complexity index is 365. The molecule has 15 heavy (non-hydrogen) atoms. The summed E-state index contributed by atoms with van der Waals surface area (Å²) in [5, 5.41) is 2.43. The molecular formula is C11H13NO2S. The van der Waals surface area contributed by atoms with Gasteiger partial charge in [-0.2, -0.15) is 0 Å². The number of hydrogen-bond donors (Lipinski definition) is 1. The van der Waals surface area contributed by atoms with E-state index in [9.17, 15) is 9.59 Å². The Morgan fingerprint density at radius 3 is 2.87 bits per heavy atom. The van der Waals surface area contributed by atoms with Crippen LogP contribution in [0.3, 0.4) is 0 Å². The van der Waals surface area contributed by atoms with Crippen molar-refractivity contribution in [2.45, 2.75) is 17.1 Å². The number of rotatable bonds is 4. The quantitative estimate of drug-likeness (QED) is 0.624. The highest BCUT2D eigenvalue weighted by Crippen LogP contribution is 2.23. The van der Waals surface area contributed by atoms with Crippen LogP contribution in [-0.2, 0) is 4.79 Å². The first-order valence-electron chi connectivity index (χ1n) is 4.61. The van der Waals surface area contributed by atoms with E-state index in [0.717, 1.165) is 11.2 Å². The van der Waals surface area contributed by atoms with Gasteiger partial charge >= 0.3 is 0 Å². The maximum Gasteiger partial charge on any atom is 0.232 e. The summed E-state index contributed by atoms with van der Waals surface area (Å²) in [4.78, 5) is 22.7. The van der Waals surface area contributed by atoms with Crippen molar-refractivity contribution in [2.75, 3.05) is 7.05 Å². The van der Waals surface area contributed by atoms with Crippen LogP contribution in [0.5, 0.6) is 0 Å². The third kappa shape index (κ3) is 3.40. The molecule has 0 saturated heterocycles. The molecule has 0 aromatic heterocycles. The van der Waals surface area contributed by atoms with Gasteiger partial charge in [-0.1, -0.05) is 12.1 Å². The molecule has 3 nitrogen and oxygen atoms in total. The number of amides is 1. The number of nitrogens with one attached hydrogen (secondary N) is 1. The summed E-state index contributed by atoms with van der Waals surface area (Å²) < 4.78 is 0. The van der Waals surface area contributed by atoms with Gasteiger partial charge in [0.05, 0.1) is 5.25 Å². The van der Waals surface area contributed by atoms with Gasteiger partial charge < -0.3 is 5.32 Å². The molecule has 0 heterocycles. The molecule has 0 spiro atoms. The molecule has 0 fully saturated rings. The van der Waals surface area contributed by atoms with Crippen molar-refractivity contribution in [1.29, 1.82) is 0 Å². The zero-order valence-electron chi connectivity index (χ0n) is 8.69. The van der Waals surface area contributed by atoms with E-state index < -0.39 is 0 Å². The first kappa shape index (κ1) is 11.8. The molecule has 1 N–H and O–H groups in total. The van der Waals surface area contributed by atoms with Crippen LogP contribution in [0.25, 0.3) is 0 Å². The molecule has 0 aliphatic rings. The maximum atomic E-state index is 11.3. The number of aldehydes is 1. The van der Waals surface area contributed by atoms with Gasteiger partial charge in [-0.05, 0) is 19.1 Å². The number of hydrogen-bond acceptors (Lipinski definition) is 3. The second-order valence-corrected chi connectivity index (χ2v) is 4.48. The zero-order chi connectivity index (χ0) is 11.3. The molecular weight excluding hydrogens is 210 g/mol. The molecule has 1 aromatic carbocycles. The Morgan fingerprint density at radius 1 is 1.53 bits per heavy atom. The Morgan fingerprint density at radius 2 is 2.27 bits per heavy atom. The molecule has 80 valence electrons. The Hall–Kier alpha value is -1.29. The summed E-state index contributed by atoms with van der Waals surface area (Å²) in [6, 6.07) is 7.21. The summed E-state index contributed by atoms with van der Waals surface area (Å²) in [5.41, 5.74) is 0.629. The number of carbonyl (C=O) groups is 2. The summed E-state index contributed by atoms with van der Waals surface area (Å²) in [7, 11) is 1.61. The van der Waals surface area contributed by atoms with Gasteiger partial charge in [-0.25, -0.2) is 0 Å². The van der Waals surface area contributed by atoms with Gasteiger partial charge in [0.1, 0.15) is 6.29 Å². The van der Waals surface area contributed by atoms with Crippen LogP contribution in [0.2, 0.25) is 0 Å². The van der Waals surface area contributed by atoms with Gasteiger partial charge in [-0.3, -0.25) is 9.59 Å². The Labute approximate surface area is 93.3 Å². The van der Waals surface area contributed by atoms with Crippen LogP contribution in [0, 0.1) is 0 Å². The Kier molecular flexibility index (Phi) is 4.37. The summed E-state index contributed by atoms with van der Waals surface area (Å²) in [6.07, 6.45) is 0.800. The number of thioether (sulfide) groups is 1. The first-order valence-corrected chi connectivity index (χ1v) is 5.49. The third-order valence-electron chi connectivity index (χ3n) is 1.92. The van der Waals surface area contributed by atoms with Gasteiger partial charge in [0.2, 0.25) is 5.91 Å². The molecule has 1 aromatic rings. The molecule has 0 bridgehead atoms. The van der Waals surface area contributed by atoms with Crippen LogP contribution in [0.15, 0.2) is 29.2 Å². The van der Waals surface area contributed by atoms with E-state index in [4.69, 9.17) is 0 Å². The average molecular weight is 223 g/mol. The van der Waals surface area contributed by atoms with E-state index in [1.54, 1.807) is 19.2 Å². The minimum absolute atomic E-state index is 0.0171. The smallest absolute Gasteiger partial charge is 0.232 e. The molecule has 4 heteroatoms. The predicted octanol–water partition coefficient (Wildman–Crippen LogP) is 1.73. The molecule has 0 radical (unpaired) electrons. The van der Waals surface area contributed by atoms with E-state index in [0.29, 0.717) is 5.56 Å². The highest BCUT2D eigenvalue weighted by atomic mass is 32.2. The van der Waals surface area contributed by atoms with E-state index in [1.165, 1.54) is 11.8 Å². The van der Waals surface area contributed by atoms with Gasteiger partial charge in [-0.15, -0.1) is 11.8 Å². The van der Waals surface area contributed by atoms with E-state index in [1.807, 2.05) is 19.1 Å². The molecule has 0 aliphatic heterocycles.